The number of rotatable bonds is 3. The number of hydrogen-bond donors (Lipinski definition) is 1. The molecule has 1 aromatic carbocycles. The highest BCUT2D eigenvalue weighted by Crippen LogP contribution is 2.23. The van der Waals surface area contributed by atoms with Crippen molar-refractivity contribution in [3.63, 3.8) is 0 Å². The van der Waals surface area contributed by atoms with Gasteiger partial charge in [0.15, 0.2) is 6.29 Å². The summed E-state index contributed by atoms with van der Waals surface area (Å²) in [6, 6.07) is 9.51. The van der Waals surface area contributed by atoms with E-state index in [1.165, 1.54) is 0 Å². The summed E-state index contributed by atoms with van der Waals surface area (Å²) in [5.74, 6) is 0.807. The molecule has 3 heteroatoms. The van der Waals surface area contributed by atoms with Gasteiger partial charge >= 0.3 is 0 Å². The molecule has 0 fully saturated rings. The lowest BCUT2D eigenvalue weighted by atomic mass is 10.1. The summed E-state index contributed by atoms with van der Waals surface area (Å²) in [5, 5.41) is 0. The summed E-state index contributed by atoms with van der Waals surface area (Å²) in [6.07, 6.45) is 2.60. The van der Waals surface area contributed by atoms with Gasteiger partial charge in [-0.1, -0.05) is 12.1 Å². The molecule has 0 unspecified atom stereocenters. The molecule has 2 aromatic rings. The largest absolute Gasteiger partial charge is 0.497 e. The maximum absolute atomic E-state index is 10.5. The molecule has 0 bridgehead atoms. The lowest BCUT2D eigenvalue weighted by Gasteiger charge is -2.01. The fourth-order valence-corrected chi connectivity index (χ4v) is 1.45. The molecule has 3 nitrogen and oxygen atoms in total. The number of benzene rings is 1. The molecule has 0 aliphatic rings. The van der Waals surface area contributed by atoms with Crippen LogP contribution in [-0.4, -0.2) is 18.4 Å². The van der Waals surface area contributed by atoms with E-state index in [1.807, 2.05) is 30.3 Å². The van der Waals surface area contributed by atoms with Crippen LogP contribution in [0.25, 0.3) is 11.1 Å². The van der Waals surface area contributed by atoms with Crippen molar-refractivity contribution in [2.45, 2.75) is 0 Å². The second-order valence-electron chi connectivity index (χ2n) is 3.19. The Morgan fingerprint density at radius 1 is 1.27 bits per heavy atom. The van der Waals surface area contributed by atoms with Crippen LogP contribution < -0.4 is 4.74 Å². The number of methoxy groups -OCH3 is 1. The van der Waals surface area contributed by atoms with Gasteiger partial charge in [0.25, 0.3) is 0 Å². The summed E-state index contributed by atoms with van der Waals surface area (Å²) in [5.41, 5.74) is 2.59. The number of hydrogen-bond acceptors (Lipinski definition) is 2. The van der Waals surface area contributed by atoms with Crippen molar-refractivity contribution in [3.8, 4) is 16.9 Å². The van der Waals surface area contributed by atoms with Crippen molar-refractivity contribution in [1.29, 1.82) is 0 Å². The number of carbonyl (C=O) groups excluding carboxylic acids is 1. The molecular weight excluding hydrogens is 190 g/mol. The first-order valence-corrected chi connectivity index (χ1v) is 4.61. The number of aromatic amines is 1. The van der Waals surface area contributed by atoms with Gasteiger partial charge in [-0.05, 0) is 29.3 Å². The molecule has 0 atom stereocenters. The number of aldehydes is 1. The Morgan fingerprint density at radius 2 is 2.13 bits per heavy atom. The van der Waals surface area contributed by atoms with E-state index in [-0.39, 0.29) is 0 Å². The predicted molar refractivity (Wildman–Crippen MR) is 58.2 cm³/mol. The Bertz CT molecular complexity index is 474. The first kappa shape index (κ1) is 9.52. The van der Waals surface area contributed by atoms with Crippen LogP contribution in [0.1, 0.15) is 10.5 Å². The number of aromatic nitrogens is 1. The minimum Gasteiger partial charge on any atom is -0.497 e. The van der Waals surface area contributed by atoms with Crippen LogP contribution in [0.15, 0.2) is 36.5 Å². The first-order valence-electron chi connectivity index (χ1n) is 4.61. The fraction of sp³-hybridized carbons (Fsp3) is 0.0833. The molecule has 0 saturated carbocycles. The van der Waals surface area contributed by atoms with Crippen LogP contribution in [0.4, 0.5) is 0 Å². The summed E-state index contributed by atoms with van der Waals surface area (Å²) >= 11 is 0. The van der Waals surface area contributed by atoms with E-state index >= 15 is 0 Å². The highest BCUT2D eigenvalue weighted by atomic mass is 16.5. The van der Waals surface area contributed by atoms with Crippen LogP contribution in [0.2, 0.25) is 0 Å². The van der Waals surface area contributed by atoms with Gasteiger partial charge in [-0.15, -0.1) is 0 Å². The zero-order chi connectivity index (χ0) is 10.7. The maximum atomic E-state index is 10.5. The molecule has 0 aliphatic heterocycles. The zero-order valence-electron chi connectivity index (χ0n) is 8.36. The van der Waals surface area contributed by atoms with Crippen molar-refractivity contribution in [2.75, 3.05) is 7.11 Å². The molecule has 15 heavy (non-hydrogen) atoms. The molecule has 1 N–H and O–H groups in total. The van der Waals surface area contributed by atoms with Gasteiger partial charge in [0, 0.05) is 6.20 Å². The summed E-state index contributed by atoms with van der Waals surface area (Å²) in [4.78, 5) is 13.4. The van der Waals surface area contributed by atoms with Crippen LogP contribution in [0, 0.1) is 0 Å². The SMILES string of the molecule is COc1cccc(-c2c[nH]c(C=O)c2)c1. The van der Waals surface area contributed by atoms with E-state index in [1.54, 1.807) is 13.3 Å². The topological polar surface area (TPSA) is 42.1 Å². The fourth-order valence-electron chi connectivity index (χ4n) is 1.45. The van der Waals surface area contributed by atoms with E-state index in [4.69, 9.17) is 4.74 Å². The van der Waals surface area contributed by atoms with E-state index in [9.17, 15) is 4.79 Å². The van der Waals surface area contributed by atoms with Crippen LogP contribution in [-0.2, 0) is 0 Å². The van der Waals surface area contributed by atoms with Crippen molar-refractivity contribution in [1.82, 2.24) is 4.98 Å². The Hall–Kier alpha value is -2.03. The smallest absolute Gasteiger partial charge is 0.166 e. The molecule has 0 radical (unpaired) electrons. The Morgan fingerprint density at radius 3 is 2.80 bits per heavy atom. The van der Waals surface area contributed by atoms with Gasteiger partial charge < -0.3 is 9.72 Å². The van der Waals surface area contributed by atoms with Crippen molar-refractivity contribution < 1.29 is 9.53 Å². The second kappa shape index (κ2) is 4.00. The Labute approximate surface area is 87.7 Å². The second-order valence-corrected chi connectivity index (χ2v) is 3.19. The normalized spacial score (nSPS) is 9.93. The Kier molecular flexibility index (Phi) is 2.54. The summed E-state index contributed by atoms with van der Waals surface area (Å²) < 4.78 is 5.13. The third kappa shape index (κ3) is 1.91. The minimum atomic E-state index is 0.577. The molecule has 0 aliphatic carbocycles. The van der Waals surface area contributed by atoms with Crippen molar-refractivity contribution >= 4 is 6.29 Å². The molecule has 0 spiro atoms. The molecule has 0 amide bonds. The number of H-pyrrole nitrogens is 1. The minimum absolute atomic E-state index is 0.577. The average molecular weight is 201 g/mol. The van der Waals surface area contributed by atoms with Gasteiger partial charge in [-0.3, -0.25) is 4.79 Å². The molecule has 2 rings (SSSR count). The van der Waals surface area contributed by atoms with Crippen molar-refractivity contribution in [2.24, 2.45) is 0 Å². The monoisotopic (exact) mass is 201 g/mol. The maximum Gasteiger partial charge on any atom is 0.166 e. The predicted octanol–water partition coefficient (Wildman–Crippen LogP) is 2.50. The lowest BCUT2D eigenvalue weighted by molar-refractivity contribution is 0.111. The summed E-state index contributed by atoms with van der Waals surface area (Å²) in [7, 11) is 1.63. The van der Waals surface area contributed by atoms with E-state index < -0.39 is 0 Å². The van der Waals surface area contributed by atoms with Gasteiger partial charge in [0.2, 0.25) is 0 Å². The molecular formula is C12H11NO2. The van der Waals surface area contributed by atoms with Crippen LogP contribution in [0.3, 0.4) is 0 Å². The lowest BCUT2D eigenvalue weighted by Crippen LogP contribution is -1.82. The average Bonchev–Trinajstić information content (AvgIpc) is 2.78. The molecule has 1 heterocycles. The van der Waals surface area contributed by atoms with Gasteiger partial charge in [0.05, 0.1) is 12.8 Å². The van der Waals surface area contributed by atoms with Crippen LogP contribution in [0.5, 0.6) is 5.75 Å². The third-order valence-corrected chi connectivity index (χ3v) is 2.24. The first-order chi connectivity index (χ1) is 7.33. The zero-order valence-corrected chi connectivity index (χ0v) is 8.36. The number of carbonyl (C=O) groups is 1. The van der Waals surface area contributed by atoms with Gasteiger partial charge in [0.1, 0.15) is 5.75 Å². The van der Waals surface area contributed by atoms with E-state index in [0.29, 0.717) is 5.69 Å². The highest BCUT2D eigenvalue weighted by Gasteiger charge is 2.02. The standard InChI is InChI=1S/C12H11NO2/c1-15-12-4-2-3-9(6-12)10-5-11(8-14)13-7-10/h2-8,13H,1H3. The molecule has 1 aromatic heterocycles. The quantitative estimate of drug-likeness (QED) is 0.775. The summed E-state index contributed by atoms with van der Waals surface area (Å²) in [6.45, 7) is 0. The van der Waals surface area contributed by atoms with Gasteiger partial charge in [-0.2, -0.15) is 0 Å². The van der Waals surface area contributed by atoms with E-state index in [0.717, 1.165) is 23.2 Å². The van der Waals surface area contributed by atoms with E-state index in [2.05, 4.69) is 4.98 Å². The van der Waals surface area contributed by atoms with Crippen LogP contribution >= 0.6 is 0 Å². The number of nitrogens with one attached hydrogen (secondary N) is 1. The molecule has 76 valence electrons. The molecule has 0 saturated heterocycles. The van der Waals surface area contributed by atoms with Crippen molar-refractivity contribution in [3.05, 3.63) is 42.2 Å². The number of ether oxygens (including phenoxy) is 1. The third-order valence-electron chi connectivity index (χ3n) is 2.24. The highest BCUT2D eigenvalue weighted by molar-refractivity contribution is 5.77. The van der Waals surface area contributed by atoms with Gasteiger partial charge in [-0.25, -0.2) is 0 Å². The Balaban J connectivity index is 2.39.